The van der Waals surface area contributed by atoms with Gasteiger partial charge < -0.3 is 14.7 Å². The predicted octanol–water partition coefficient (Wildman–Crippen LogP) is 2.68. The quantitative estimate of drug-likeness (QED) is 0.897. The lowest BCUT2D eigenvalue weighted by Gasteiger charge is -2.17. The van der Waals surface area contributed by atoms with E-state index in [0.29, 0.717) is 17.9 Å². The van der Waals surface area contributed by atoms with Crippen LogP contribution in [0.4, 0.5) is 0 Å². The number of fused-ring (bicyclic) bond motifs is 2. The van der Waals surface area contributed by atoms with Crippen LogP contribution in [0.3, 0.4) is 0 Å². The molecule has 20 heavy (non-hydrogen) atoms. The third-order valence-electron chi connectivity index (χ3n) is 4.03. The zero-order valence-corrected chi connectivity index (χ0v) is 11.6. The molecule has 104 valence electrons. The van der Waals surface area contributed by atoms with Gasteiger partial charge in [-0.15, -0.1) is 0 Å². The fourth-order valence-corrected chi connectivity index (χ4v) is 3.12. The first-order valence-electron chi connectivity index (χ1n) is 7.11. The van der Waals surface area contributed by atoms with E-state index in [2.05, 4.69) is 11.0 Å². The molecule has 0 bridgehead atoms. The standard InChI is InChI=1S/C16H18N2O2/c1-2-20-16-8-11-5-7-18-6-3-4-14(18)13(10-17)12(11)9-15(16)19/h8-9,19H,2-7H2,1H3. The summed E-state index contributed by atoms with van der Waals surface area (Å²) < 4.78 is 5.44. The Balaban J connectivity index is 2.14. The molecule has 4 nitrogen and oxygen atoms in total. The SMILES string of the molecule is CCOc1cc2c(cc1O)C(C#N)=C1CCCN1CC2. The summed E-state index contributed by atoms with van der Waals surface area (Å²) in [5.41, 5.74) is 3.81. The maximum absolute atomic E-state index is 10.1. The number of rotatable bonds is 2. The van der Waals surface area contributed by atoms with Gasteiger partial charge in [-0.25, -0.2) is 0 Å². The molecule has 1 fully saturated rings. The second-order valence-corrected chi connectivity index (χ2v) is 5.18. The van der Waals surface area contributed by atoms with Crippen LogP contribution in [0.2, 0.25) is 0 Å². The number of nitriles is 1. The number of nitrogens with zero attached hydrogens (tertiary/aromatic N) is 2. The number of phenolic OH excluding ortho intramolecular Hbond substituents is 1. The fourth-order valence-electron chi connectivity index (χ4n) is 3.12. The number of ether oxygens (including phenoxy) is 1. The first-order valence-corrected chi connectivity index (χ1v) is 7.11. The van der Waals surface area contributed by atoms with Gasteiger partial charge in [0.15, 0.2) is 11.5 Å². The lowest BCUT2D eigenvalue weighted by atomic mass is 9.97. The minimum Gasteiger partial charge on any atom is -0.504 e. The molecule has 0 radical (unpaired) electrons. The van der Waals surface area contributed by atoms with E-state index in [4.69, 9.17) is 4.74 Å². The summed E-state index contributed by atoms with van der Waals surface area (Å²) in [5.74, 6) is 0.626. The Morgan fingerprint density at radius 1 is 1.35 bits per heavy atom. The molecule has 0 atom stereocenters. The molecule has 0 saturated carbocycles. The van der Waals surface area contributed by atoms with Gasteiger partial charge in [-0.05, 0) is 43.9 Å². The molecule has 3 rings (SSSR count). The molecule has 2 heterocycles. The molecule has 1 N–H and O–H groups in total. The van der Waals surface area contributed by atoms with Gasteiger partial charge in [-0.3, -0.25) is 0 Å². The number of aromatic hydroxyl groups is 1. The molecule has 4 heteroatoms. The van der Waals surface area contributed by atoms with Crippen molar-refractivity contribution in [3.05, 3.63) is 29.0 Å². The molecule has 0 amide bonds. The van der Waals surface area contributed by atoms with E-state index in [1.54, 1.807) is 6.07 Å². The minimum atomic E-state index is 0.116. The average Bonchev–Trinajstić information content (AvgIpc) is 2.84. The van der Waals surface area contributed by atoms with Crippen LogP contribution < -0.4 is 4.74 Å². The first-order chi connectivity index (χ1) is 9.74. The summed E-state index contributed by atoms with van der Waals surface area (Å²) in [6, 6.07) is 5.91. The molecule has 2 aliphatic rings. The van der Waals surface area contributed by atoms with Crippen molar-refractivity contribution in [3.8, 4) is 17.6 Å². The van der Waals surface area contributed by atoms with Crippen molar-refractivity contribution >= 4 is 5.57 Å². The number of allylic oxidation sites excluding steroid dienone is 2. The Hall–Kier alpha value is -2.15. The van der Waals surface area contributed by atoms with Crippen LogP contribution in [0.15, 0.2) is 17.8 Å². The average molecular weight is 270 g/mol. The van der Waals surface area contributed by atoms with Crippen molar-refractivity contribution in [1.29, 1.82) is 5.26 Å². The highest BCUT2D eigenvalue weighted by Crippen LogP contribution is 2.39. The Kier molecular flexibility index (Phi) is 3.27. The largest absolute Gasteiger partial charge is 0.504 e. The third-order valence-corrected chi connectivity index (χ3v) is 4.03. The predicted molar refractivity (Wildman–Crippen MR) is 76.3 cm³/mol. The Morgan fingerprint density at radius 2 is 2.20 bits per heavy atom. The number of benzene rings is 1. The number of phenols is 1. The second kappa shape index (κ2) is 5.09. The van der Waals surface area contributed by atoms with E-state index < -0.39 is 0 Å². The highest BCUT2D eigenvalue weighted by Gasteiger charge is 2.27. The number of hydrogen-bond donors (Lipinski definition) is 1. The van der Waals surface area contributed by atoms with E-state index in [-0.39, 0.29) is 5.75 Å². The van der Waals surface area contributed by atoms with Crippen LogP contribution in [0.5, 0.6) is 11.5 Å². The van der Waals surface area contributed by atoms with E-state index in [1.165, 1.54) is 0 Å². The Bertz CT molecular complexity index is 614. The van der Waals surface area contributed by atoms with Crippen LogP contribution in [-0.4, -0.2) is 29.7 Å². The monoisotopic (exact) mass is 270 g/mol. The summed E-state index contributed by atoms with van der Waals surface area (Å²) in [6.07, 6.45) is 2.94. The number of hydrogen-bond acceptors (Lipinski definition) is 4. The van der Waals surface area contributed by atoms with Gasteiger partial charge in [0.1, 0.15) is 6.07 Å². The molecule has 0 spiro atoms. The van der Waals surface area contributed by atoms with E-state index in [1.807, 2.05) is 13.0 Å². The van der Waals surface area contributed by atoms with E-state index in [0.717, 1.165) is 49.2 Å². The molecule has 2 aliphatic heterocycles. The first kappa shape index (κ1) is 12.9. The third kappa shape index (κ3) is 2.00. The van der Waals surface area contributed by atoms with Crippen LogP contribution >= 0.6 is 0 Å². The van der Waals surface area contributed by atoms with E-state index in [9.17, 15) is 10.4 Å². The summed E-state index contributed by atoms with van der Waals surface area (Å²) >= 11 is 0. The van der Waals surface area contributed by atoms with Crippen molar-refractivity contribution in [2.45, 2.75) is 26.2 Å². The molecular formula is C16H18N2O2. The maximum atomic E-state index is 10.1. The summed E-state index contributed by atoms with van der Waals surface area (Å²) in [7, 11) is 0. The second-order valence-electron chi connectivity index (χ2n) is 5.18. The fraction of sp³-hybridized carbons (Fsp3) is 0.438. The lowest BCUT2D eigenvalue weighted by Crippen LogP contribution is -2.19. The summed E-state index contributed by atoms with van der Waals surface area (Å²) in [5, 5.41) is 19.6. The highest BCUT2D eigenvalue weighted by atomic mass is 16.5. The van der Waals surface area contributed by atoms with Gasteiger partial charge in [0.05, 0.1) is 12.2 Å². The highest BCUT2D eigenvalue weighted by molar-refractivity contribution is 5.83. The Labute approximate surface area is 118 Å². The summed E-state index contributed by atoms with van der Waals surface area (Å²) in [4.78, 5) is 2.30. The maximum Gasteiger partial charge on any atom is 0.161 e. The van der Waals surface area contributed by atoms with Gasteiger partial charge in [0.2, 0.25) is 0 Å². The van der Waals surface area contributed by atoms with Crippen molar-refractivity contribution in [2.24, 2.45) is 0 Å². The molecule has 0 unspecified atom stereocenters. The molecule has 1 saturated heterocycles. The van der Waals surface area contributed by atoms with Gasteiger partial charge in [0, 0.05) is 24.4 Å². The zero-order valence-electron chi connectivity index (χ0n) is 11.6. The topological polar surface area (TPSA) is 56.5 Å². The molecular weight excluding hydrogens is 252 g/mol. The Morgan fingerprint density at radius 3 is 2.95 bits per heavy atom. The molecule has 1 aromatic rings. The molecule has 1 aromatic carbocycles. The van der Waals surface area contributed by atoms with Gasteiger partial charge in [0.25, 0.3) is 0 Å². The van der Waals surface area contributed by atoms with Gasteiger partial charge in [-0.2, -0.15) is 5.26 Å². The van der Waals surface area contributed by atoms with Crippen LogP contribution in [0, 0.1) is 11.3 Å². The molecule has 0 aromatic heterocycles. The normalized spacial score (nSPS) is 17.3. The van der Waals surface area contributed by atoms with Gasteiger partial charge >= 0.3 is 0 Å². The van der Waals surface area contributed by atoms with Crippen molar-refractivity contribution in [1.82, 2.24) is 4.90 Å². The van der Waals surface area contributed by atoms with Crippen molar-refractivity contribution in [2.75, 3.05) is 19.7 Å². The molecule has 0 aliphatic carbocycles. The summed E-state index contributed by atoms with van der Waals surface area (Å²) in [6.45, 7) is 4.37. The van der Waals surface area contributed by atoms with Crippen LogP contribution in [0.1, 0.15) is 30.9 Å². The van der Waals surface area contributed by atoms with Gasteiger partial charge in [-0.1, -0.05) is 0 Å². The van der Waals surface area contributed by atoms with Crippen LogP contribution in [0.25, 0.3) is 5.57 Å². The van der Waals surface area contributed by atoms with Crippen LogP contribution in [-0.2, 0) is 6.42 Å². The minimum absolute atomic E-state index is 0.116. The van der Waals surface area contributed by atoms with E-state index >= 15 is 0 Å². The van der Waals surface area contributed by atoms with Crippen molar-refractivity contribution in [3.63, 3.8) is 0 Å². The lowest BCUT2D eigenvalue weighted by molar-refractivity contribution is 0.317. The zero-order chi connectivity index (χ0) is 14.1. The smallest absolute Gasteiger partial charge is 0.161 e. The van der Waals surface area contributed by atoms with Crippen molar-refractivity contribution < 1.29 is 9.84 Å².